The number of rotatable bonds is 7. The third-order valence-corrected chi connectivity index (χ3v) is 5.48. The maximum atomic E-state index is 12.3. The van der Waals surface area contributed by atoms with Gasteiger partial charge in [-0.2, -0.15) is 0 Å². The van der Waals surface area contributed by atoms with Crippen molar-refractivity contribution in [2.75, 3.05) is 44.2 Å². The highest BCUT2D eigenvalue weighted by atomic mass is 35.5. The van der Waals surface area contributed by atoms with Crippen LogP contribution in [0.2, 0.25) is 5.02 Å². The van der Waals surface area contributed by atoms with Crippen LogP contribution in [0.1, 0.15) is 16.1 Å². The highest BCUT2D eigenvalue weighted by molar-refractivity contribution is 6.52. The summed E-state index contributed by atoms with van der Waals surface area (Å²) in [4.78, 5) is 38.3. The lowest BCUT2D eigenvalue weighted by molar-refractivity contribution is -0.402. The van der Waals surface area contributed by atoms with E-state index in [2.05, 4.69) is 10.3 Å². The van der Waals surface area contributed by atoms with Crippen LogP contribution in [0.3, 0.4) is 0 Å². The molecule has 2 aliphatic heterocycles. The first kappa shape index (κ1) is 20.5. The molecule has 10 nitrogen and oxygen atoms in total. The molecule has 0 bridgehead atoms. The van der Waals surface area contributed by atoms with Crippen LogP contribution in [0.15, 0.2) is 34.7 Å². The average Bonchev–Trinajstić information content (AvgIpc) is 3.30. The molecule has 0 saturated carbocycles. The van der Waals surface area contributed by atoms with E-state index in [-0.39, 0.29) is 5.88 Å². The van der Waals surface area contributed by atoms with Gasteiger partial charge in [-0.25, -0.2) is 10.4 Å². The number of amides is 1. The summed E-state index contributed by atoms with van der Waals surface area (Å²) in [7, 11) is 0. The molecule has 11 heteroatoms. The minimum Gasteiger partial charge on any atom is -0.404 e. The van der Waals surface area contributed by atoms with Gasteiger partial charge in [0.15, 0.2) is 0 Å². The number of Topliss-reactive ketones (excluding diaryl/α,β-unsaturated/α-hetero) is 1. The Morgan fingerprint density at radius 1 is 1.10 bits per heavy atom. The molecule has 3 heterocycles. The number of halogens is 1. The van der Waals surface area contributed by atoms with Gasteiger partial charge in [0.1, 0.15) is 10.7 Å². The van der Waals surface area contributed by atoms with Gasteiger partial charge in [-0.1, -0.05) is 11.6 Å². The Hall–Kier alpha value is -2.79. The zero-order chi connectivity index (χ0) is 21.3. The highest BCUT2D eigenvalue weighted by Gasteiger charge is 2.36. The Morgan fingerprint density at radius 3 is 2.57 bits per heavy atom. The minimum absolute atomic E-state index is 0.268. The third-order valence-electron chi connectivity index (χ3n) is 5.25. The van der Waals surface area contributed by atoms with Crippen molar-refractivity contribution in [2.24, 2.45) is 0 Å². The summed E-state index contributed by atoms with van der Waals surface area (Å²) in [5.74, 6) is -0.796. The number of hydrogen-bond acceptors (Lipinski definition) is 8. The molecule has 4 rings (SSSR count). The first-order valence-corrected chi connectivity index (χ1v) is 9.90. The number of carbonyl (C=O) groups excluding carboxylic acids is 2. The Balaban J connectivity index is 1.24. The number of hydrazine groups is 1. The summed E-state index contributed by atoms with van der Waals surface area (Å²) >= 11 is 5.94. The second-order valence-corrected chi connectivity index (χ2v) is 7.54. The van der Waals surface area contributed by atoms with Crippen molar-refractivity contribution in [3.8, 4) is 0 Å². The zero-order valence-electron chi connectivity index (χ0n) is 16.0. The van der Waals surface area contributed by atoms with Crippen molar-refractivity contribution in [3.63, 3.8) is 0 Å². The highest BCUT2D eigenvalue weighted by Crippen LogP contribution is 2.31. The number of nitro groups is 1. The third kappa shape index (κ3) is 4.21. The minimum atomic E-state index is -0.562. The van der Waals surface area contributed by atoms with Crippen molar-refractivity contribution in [1.29, 1.82) is 0 Å². The molecular weight excluding hydrogens is 414 g/mol. The summed E-state index contributed by atoms with van der Waals surface area (Å²) in [6.07, 6.45) is 0. The molecule has 0 atom stereocenters. The van der Waals surface area contributed by atoms with Crippen LogP contribution in [0.25, 0.3) is 0 Å². The van der Waals surface area contributed by atoms with E-state index in [4.69, 9.17) is 16.0 Å². The molecule has 0 radical (unpaired) electrons. The molecule has 1 aromatic carbocycles. The normalized spacial score (nSPS) is 17.6. The molecule has 30 heavy (non-hydrogen) atoms. The van der Waals surface area contributed by atoms with Crippen molar-refractivity contribution >= 4 is 34.9 Å². The van der Waals surface area contributed by atoms with E-state index >= 15 is 0 Å². The van der Waals surface area contributed by atoms with Crippen molar-refractivity contribution in [2.45, 2.75) is 6.54 Å². The van der Waals surface area contributed by atoms with Gasteiger partial charge in [0.05, 0.1) is 23.9 Å². The zero-order valence-corrected chi connectivity index (χ0v) is 16.8. The van der Waals surface area contributed by atoms with Gasteiger partial charge in [0.2, 0.25) is 0 Å². The van der Waals surface area contributed by atoms with Crippen LogP contribution in [-0.4, -0.2) is 65.8 Å². The second kappa shape index (κ2) is 8.52. The Bertz CT molecular complexity index is 985. The number of furan rings is 1. The van der Waals surface area contributed by atoms with Crippen LogP contribution in [-0.2, 0) is 11.3 Å². The van der Waals surface area contributed by atoms with Gasteiger partial charge in [-0.05, 0) is 24.3 Å². The smallest absolute Gasteiger partial charge is 0.404 e. The van der Waals surface area contributed by atoms with Crippen LogP contribution >= 0.6 is 11.6 Å². The van der Waals surface area contributed by atoms with Gasteiger partial charge in [-0.3, -0.25) is 24.6 Å². The molecule has 2 aliphatic rings. The number of anilines is 1. The maximum Gasteiger partial charge on any atom is 0.433 e. The van der Waals surface area contributed by atoms with Crippen LogP contribution in [0.5, 0.6) is 0 Å². The summed E-state index contributed by atoms with van der Waals surface area (Å²) in [6.45, 7) is 4.53. The summed E-state index contributed by atoms with van der Waals surface area (Å²) in [6, 6.07) is 7.85. The molecule has 1 aromatic heterocycles. The fourth-order valence-electron chi connectivity index (χ4n) is 3.62. The van der Waals surface area contributed by atoms with Gasteiger partial charge < -0.3 is 9.32 Å². The molecule has 0 aliphatic carbocycles. The van der Waals surface area contributed by atoms with Crippen molar-refractivity contribution in [1.82, 2.24) is 15.3 Å². The number of piperazine rings is 1. The van der Waals surface area contributed by atoms with Gasteiger partial charge >= 0.3 is 5.88 Å². The van der Waals surface area contributed by atoms with Crippen LogP contribution in [0.4, 0.5) is 11.6 Å². The molecular formula is C19H20ClN5O5. The largest absolute Gasteiger partial charge is 0.433 e. The number of carbonyl (C=O) groups is 2. The van der Waals surface area contributed by atoms with Crippen LogP contribution < -0.4 is 10.3 Å². The lowest BCUT2D eigenvalue weighted by atomic mass is 10.1. The number of nitrogens with one attached hydrogen (secondary N) is 1. The van der Waals surface area contributed by atoms with E-state index in [0.717, 1.165) is 26.2 Å². The van der Waals surface area contributed by atoms with E-state index < -0.39 is 16.6 Å². The lowest BCUT2D eigenvalue weighted by Gasteiger charge is -2.35. The number of ketones is 1. The number of hydrogen-bond donors (Lipinski definition) is 1. The Morgan fingerprint density at radius 2 is 1.87 bits per heavy atom. The van der Waals surface area contributed by atoms with E-state index in [1.807, 2.05) is 5.01 Å². The lowest BCUT2D eigenvalue weighted by Crippen LogP contribution is -2.53. The molecule has 0 unspecified atom stereocenters. The molecule has 1 saturated heterocycles. The maximum absolute atomic E-state index is 12.3. The first-order valence-electron chi connectivity index (χ1n) is 9.52. The molecule has 1 amide bonds. The Labute approximate surface area is 177 Å². The predicted molar refractivity (Wildman–Crippen MR) is 108 cm³/mol. The summed E-state index contributed by atoms with van der Waals surface area (Å²) in [5.41, 5.74) is 4.18. The average molecular weight is 434 g/mol. The molecule has 0 spiro atoms. The van der Waals surface area contributed by atoms with E-state index in [9.17, 15) is 19.7 Å². The van der Waals surface area contributed by atoms with Gasteiger partial charge in [0, 0.05) is 44.3 Å². The SMILES string of the molecule is O=C1C(=O)N(CCN2CCN(NCc3ccc([N+](=O)[O-])o3)CC2)c2ccc(Cl)cc21. The molecule has 2 aromatic rings. The molecule has 1 N–H and O–H groups in total. The second-order valence-electron chi connectivity index (χ2n) is 7.11. The van der Waals surface area contributed by atoms with E-state index in [1.54, 1.807) is 18.2 Å². The van der Waals surface area contributed by atoms with Crippen LogP contribution in [0, 0.1) is 10.1 Å². The monoisotopic (exact) mass is 433 g/mol. The number of nitrogens with zero attached hydrogens (tertiary/aromatic N) is 4. The fraction of sp³-hybridized carbons (Fsp3) is 0.368. The fourth-order valence-corrected chi connectivity index (χ4v) is 3.79. The molecule has 158 valence electrons. The Kier molecular flexibility index (Phi) is 5.82. The van der Waals surface area contributed by atoms with Crippen molar-refractivity contribution < 1.29 is 18.9 Å². The number of benzene rings is 1. The van der Waals surface area contributed by atoms with E-state index in [1.165, 1.54) is 17.0 Å². The standard InChI is InChI=1S/C19H20ClN5O5/c20-13-1-3-16-15(11-13)18(26)19(27)24(16)10-7-22-5-8-23(9-6-22)21-12-14-2-4-17(30-14)25(28)29/h1-4,11,21H,5-10,12H2. The summed E-state index contributed by atoms with van der Waals surface area (Å²) < 4.78 is 5.14. The molecule has 1 fully saturated rings. The topological polar surface area (TPSA) is 112 Å². The van der Waals surface area contributed by atoms with Gasteiger partial charge in [-0.15, -0.1) is 0 Å². The van der Waals surface area contributed by atoms with E-state index in [0.29, 0.717) is 41.7 Å². The van der Waals surface area contributed by atoms with Crippen molar-refractivity contribution in [3.05, 3.63) is 56.8 Å². The predicted octanol–water partition coefficient (Wildman–Crippen LogP) is 1.69. The summed E-state index contributed by atoms with van der Waals surface area (Å²) in [5, 5.41) is 13.1. The first-order chi connectivity index (χ1) is 14.4. The number of fused-ring (bicyclic) bond motifs is 1. The quantitative estimate of drug-likeness (QED) is 0.399. The van der Waals surface area contributed by atoms with Gasteiger partial charge in [0.25, 0.3) is 11.7 Å².